The molecule has 0 bridgehead atoms. The lowest BCUT2D eigenvalue weighted by atomic mass is 10.3. The smallest absolute Gasteiger partial charge is 0.343 e. The first-order valence-corrected chi connectivity index (χ1v) is 6.36. The van der Waals surface area contributed by atoms with Crippen LogP contribution in [0.4, 0.5) is 19.0 Å². The lowest BCUT2D eigenvalue weighted by molar-refractivity contribution is -0.120. The first-order valence-electron chi connectivity index (χ1n) is 5.44. The fraction of sp³-hybridized carbons (Fsp3) is 0.545. The molecule has 0 N–H and O–H groups in total. The molecule has 18 heavy (non-hydrogen) atoms. The number of aromatic nitrogens is 1. The van der Waals surface area contributed by atoms with Gasteiger partial charge in [-0.15, -0.1) is 11.6 Å². The highest BCUT2D eigenvalue weighted by molar-refractivity contribution is 6.33. The molecule has 0 spiro atoms. The largest absolute Gasteiger partial charge is 0.405 e. The zero-order chi connectivity index (χ0) is 13.3. The minimum absolute atomic E-state index is 0.113. The number of anilines is 1. The molecule has 0 atom stereocenters. The number of hydrogen-bond acceptors (Lipinski definition) is 2. The molecule has 1 heterocycles. The molecule has 1 saturated carbocycles. The normalized spacial score (nSPS) is 15.8. The van der Waals surface area contributed by atoms with Crippen LogP contribution in [-0.4, -0.2) is 23.7 Å². The molecule has 1 aliphatic carbocycles. The Hall–Kier alpha value is -0.680. The Morgan fingerprint density at radius 3 is 2.50 bits per heavy atom. The molecule has 1 aromatic heterocycles. The molecule has 2 nitrogen and oxygen atoms in total. The highest BCUT2D eigenvalue weighted by atomic mass is 35.5. The first kappa shape index (κ1) is 13.7. The third kappa shape index (κ3) is 3.42. The van der Waals surface area contributed by atoms with Crippen LogP contribution in [0.3, 0.4) is 0 Å². The van der Waals surface area contributed by atoms with Crippen LogP contribution in [-0.2, 0) is 5.88 Å². The lowest BCUT2D eigenvalue weighted by Crippen LogP contribution is -2.36. The maximum atomic E-state index is 12.5. The summed E-state index contributed by atoms with van der Waals surface area (Å²) >= 11 is 11.6. The van der Waals surface area contributed by atoms with Gasteiger partial charge in [0, 0.05) is 18.1 Å². The van der Waals surface area contributed by atoms with Crippen molar-refractivity contribution < 1.29 is 13.2 Å². The van der Waals surface area contributed by atoms with Crippen LogP contribution in [0.15, 0.2) is 12.3 Å². The minimum Gasteiger partial charge on any atom is -0.343 e. The molecule has 0 saturated heterocycles. The highest BCUT2D eigenvalue weighted by Crippen LogP contribution is 2.36. The number of pyridine rings is 1. The molecule has 1 aliphatic rings. The fourth-order valence-corrected chi connectivity index (χ4v) is 2.15. The van der Waals surface area contributed by atoms with Gasteiger partial charge in [0.2, 0.25) is 0 Å². The predicted molar refractivity (Wildman–Crippen MR) is 65.2 cm³/mol. The van der Waals surface area contributed by atoms with Crippen molar-refractivity contribution >= 4 is 29.0 Å². The molecular formula is C11H11Cl2F3N2. The Morgan fingerprint density at radius 2 is 2.06 bits per heavy atom. The van der Waals surface area contributed by atoms with Crippen LogP contribution in [0, 0.1) is 0 Å². The zero-order valence-corrected chi connectivity index (χ0v) is 10.9. The molecule has 0 amide bonds. The maximum Gasteiger partial charge on any atom is 0.405 e. The van der Waals surface area contributed by atoms with E-state index in [2.05, 4.69) is 4.98 Å². The van der Waals surface area contributed by atoms with E-state index in [1.165, 1.54) is 11.1 Å². The molecule has 0 aromatic carbocycles. The topological polar surface area (TPSA) is 16.1 Å². The maximum absolute atomic E-state index is 12.5. The van der Waals surface area contributed by atoms with Crippen molar-refractivity contribution in [1.29, 1.82) is 0 Å². The van der Waals surface area contributed by atoms with Gasteiger partial charge >= 0.3 is 6.18 Å². The highest BCUT2D eigenvalue weighted by Gasteiger charge is 2.39. The Bertz CT molecular complexity index is 433. The summed E-state index contributed by atoms with van der Waals surface area (Å²) in [6.45, 7) is -1.02. The van der Waals surface area contributed by atoms with Gasteiger partial charge in [-0.1, -0.05) is 11.6 Å². The Morgan fingerprint density at radius 1 is 1.39 bits per heavy atom. The van der Waals surface area contributed by atoms with Gasteiger partial charge in [0.05, 0.1) is 5.02 Å². The second-order valence-electron chi connectivity index (χ2n) is 4.26. The molecule has 0 unspecified atom stereocenters. The number of rotatable bonds is 4. The first-order chi connectivity index (χ1) is 8.40. The molecular weight excluding hydrogens is 288 g/mol. The van der Waals surface area contributed by atoms with Crippen molar-refractivity contribution in [3.8, 4) is 0 Å². The van der Waals surface area contributed by atoms with Gasteiger partial charge in [0.25, 0.3) is 0 Å². The summed E-state index contributed by atoms with van der Waals surface area (Å²) < 4.78 is 37.6. The Labute approximate surface area is 113 Å². The van der Waals surface area contributed by atoms with Crippen LogP contribution in [0.1, 0.15) is 18.4 Å². The summed E-state index contributed by atoms with van der Waals surface area (Å²) in [4.78, 5) is 5.23. The van der Waals surface area contributed by atoms with Gasteiger partial charge in [-0.05, 0) is 24.5 Å². The van der Waals surface area contributed by atoms with Gasteiger partial charge < -0.3 is 4.90 Å². The van der Waals surface area contributed by atoms with Gasteiger partial charge in [0.1, 0.15) is 12.4 Å². The van der Waals surface area contributed by atoms with Crippen LogP contribution in [0.25, 0.3) is 0 Å². The molecule has 7 heteroatoms. The average molecular weight is 299 g/mol. The summed E-state index contributed by atoms with van der Waals surface area (Å²) in [6, 6.07) is 1.45. The van der Waals surface area contributed by atoms with Crippen LogP contribution in [0.2, 0.25) is 5.02 Å². The van der Waals surface area contributed by atoms with Crippen LogP contribution < -0.4 is 4.90 Å². The molecule has 1 fully saturated rings. The molecule has 100 valence electrons. The summed E-state index contributed by atoms with van der Waals surface area (Å²) in [5.74, 6) is 0.417. The van der Waals surface area contributed by atoms with E-state index in [0.717, 1.165) is 12.8 Å². The monoisotopic (exact) mass is 298 g/mol. The van der Waals surface area contributed by atoms with Crippen molar-refractivity contribution in [2.45, 2.75) is 30.9 Å². The average Bonchev–Trinajstić information content (AvgIpc) is 3.08. The third-order valence-electron chi connectivity index (χ3n) is 2.64. The molecule has 1 aromatic rings. The van der Waals surface area contributed by atoms with Crippen molar-refractivity contribution in [3.63, 3.8) is 0 Å². The van der Waals surface area contributed by atoms with Crippen molar-refractivity contribution in [3.05, 3.63) is 22.8 Å². The standard InChI is InChI=1S/C11H11Cl2F3N2/c12-4-7-3-9(13)10(17-5-7)18(8-1-2-8)6-11(14,15)16/h3,5,8H,1-2,4,6H2. The van der Waals surface area contributed by atoms with Gasteiger partial charge in [-0.3, -0.25) is 0 Å². The van der Waals surface area contributed by atoms with Crippen LogP contribution in [0.5, 0.6) is 0 Å². The Balaban J connectivity index is 2.25. The summed E-state index contributed by atoms with van der Waals surface area (Å²) in [6.07, 6.45) is -1.32. The molecule has 2 rings (SSSR count). The summed E-state index contributed by atoms with van der Waals surface area (Å²) in [5.41, 5.74) is 0.688. The second-order valence-corrected chi connectivity index (χ2v) is 4.93. The number of halogens is 5. The van der Waals surface area contributed by atoms with Crippen molar-refractivity contribution in [1.82, 2.24) is 4.98 Å². The SMILES string of the molecule is FC(F)(F)CN(c1ncc(CCl)cc1Cl)C1CC1. The number of alkyl halides is 4. The minimum atomic E-state index is -4.27. The molecule has 0 aliphatic heterocycles. The predicted octanol–water partition coefficient (Wildman–Crippen LogP) is 4.00. The van der Waals surface area contributed by atoms with E-state index < -0.39 is 12.7 Å². The summed E-state index contributed by atoms with van der Waals surface area (Å²) in [5, 5.41) is 0.212. The Kier molecular flexibility index (Phi) is 3.92. The lowest BCUT2D eigenvalue weighted by Gasteiger charge is -2.25. The van der Waals surface area contributed by atoms with E-state index in [-0.39, 0.29) is 22.8 Å². The summed E-state index contributed by atoms with van der Waals surface area (Å²) in [7, 11) is 0. The van der Waals surface area contributed by atoms with Gasteiger partial charge in [-0.25, -0.2) is 4.98 Å². The van der Waals surface area contributed by atoms with E-state index >= 15 is 0 Å². The molecule has 0 radical (unpaired) electrons. The van der Waals surface area contributed by atoms with E-state index in [1.807, 2.05) is 0 Å². The van der Waals surface area contributed by atoms with E-state index in [0.29, 0.717) is 5.56 Å². The van der Waals surface area contributed by atoms with Gasteiger partial charge in [-0.2, -0.15) is 13.2 Å². The second kappa shape index (κ2) is 5.13. The van der Waals surface area contributed by atoms with E-state index in [1.54, 1.807) is 6.07 Å². The number of hydrogen-bond donors (Lipinski definition) is 0. The quantitative estimate of drug-likeness (QED) is 0.781. The zero-order valence-electron chi connectivity index (χ0n) is 9.34. The number of nitrogens with zero attached hydrogens (tertiary/aromatic N) is 2. The van der Waals surface area contributed by atoms with E-state index in [4.69, 9.17) is 23.2 Å². The van der Waals surface area contributed by atoms with Crippen molar-refractivity contribution in [2.75, 3.05) is 11.4 Å². The van der Waals surface area contributed by atoms with Crippen LogP contribution >= 0.6 is 23.2 Å². The van der Waals surface area contributed by atoms with Gasteiger partial charge in [0.15, 0.2) is 0 Å². The third-order valence-corrected chi connectivity index (χ3v) is 3.23. The van der Waals surface area contributed by atoms with E-state index in [9.17, 15) is 13.2 Å². The van der Waals surface area contributed by atoms with Crippen molar-refractivity contribution in [2.24, 2.45) is 0 Å². The fourth-order valence-electron chi connectivity index (χ4n) is 1.71.